The Morgan fingerprint density at radius 1 is 0.500 bits per heavy atom. The molecule has 0 spiro atoms. The van der Waals surface area contributed by atoms with Crippen molar-refractivity contribution in [2.45, 2.75) is 77.7 Å². The highest BCUT2D eigenvalue weighted by Crippen LogP contribution is 2.10. The van der Waals surface area contributed by atoms with E-state index >= 15 is 0 Å². The summed E-state index contributed by atoms with van der Waals surface area (Å²) in [4.78, 5) is 11.6. The third-order valence-electron chi connectivity index (χ3n) is 6.60. The Balaban J connectivity index is 1.64. The van der Waals surface area contributed by atoms with E-state index in [1.807, 2.05) is 30.3 Å². The second-order valence-electron chi connectivity index (χ2n) is 10.5. The van der Waals surface area contributed by atoms with Crippen LogP contribution in [-0.2, 0) is 44.5 Å². The molecule has 0 radical (unpaired) electrons. The zero-order valence-electron chi connectivity index (χ0n) is 27.4. The number of ether oxygens (including phenoxy) is 8. The number of carbonyl (C=O) groups is 1. The Morgan fingerprint density at radius 3 is 1.34 bits per heavy atom. The quantitative estimate of drug-likeness (QED) is 0.0929. The first kappa shape index (κ1) is 40.2. The lowest BCUT2D eigenvalue weighted by atomic mass is 10.1. The molecule has 0 aliphatic rings. The number of rotatable bonds is 34. The molecule has 0 fully saturated rings. The van der Waals surface area contributed by atoms with Crippen molar-refractivity contribution in [1.29, 1.82) is 0 Å². The van der Waals surface area contributed by atoms with Crippen LogP contribution in [0.2, 0.25) is 0 Å². The Bertz CT molecular complexity index is 711. The number of amides is 1. The van der Waals surface area contributed by atoms with Crippen LogP contribution in [-0.4, -0.2) is 105 Å². The number of carbonyl (C=O) groups excluding carboxylic acids is 1. The molecule has 0 saturated carbocycles. The highest BCUT2D eigenvalue weighted by molar-refractivity contribution is 5.67. The molecule has 1 N–H and O–H groups in total. The zero-order valence-corrected chi connectivity index (χ0v) is 27.4. The van der Waals surface area contributed by atoms with Gasteiger partial charge in [0.05, 0.1) is 85.9 Å². The predicted octanol–water partition coefficient (Wildman–Crippen LogP) is 5.95. The summed E-state index contributed by atoms with van der Waals surface area (Å²) in [6.07, 6.45) is 12.9. The minimum absolute atomic E-state index is 0.246. The van der Waals surface area contributed by atoms with Crippen molar-refractivity contribution in [2.24, 2.45) is 0 Å². The van der Waals surface area contributed by atoms with Gasteiger partial charge >= 0.3 is 6.09 Å². The van der Waals surface area contributed by atoms with Crippen molar-refractivity contribution in [3.05, 3.63) is 35.9 Å². The van der Waals surface area contributed by atoms with E-state index in [0.717, 1.165) is 18.6 Å². The van der Waals surface area contributed by atoms with E-state index in [1.54, 1.807) is 0 Å². The van der Waals surface area contributed by atoms with E-state index in [-0.39, 0.29) is 6.61 Å². The molecule has 0 aromatic heterocycles. The SMILES string of the molecule is CCCCCCCCCCCCOCCOCCOCCOCCOCCOCCOCCNC(=O)OCc1ccccc1. The van der Waals surface area contributed by atoms with Crippen LogP contribution in [0.3, 0.4) is 0 Å². The van der Waals surface area contributed by atoms with Crippen molar-refractivity contribution in [3.63, 3.8) is 0 Å². The molecule has 0 aliphatic carbocycles. The number of unbranched alkanes of at least 4 members (excludes halogenated alkanes) is 9. The average Bonchev–Trinajstić information content (AvgIpc) is 3.04. The Morgan fingerprint density at radius 2 is 0.886 bits per heavy atom. The molecule has 256 valence electrons. The third-order valence-corrected chi connectivity index (χ3v) is 6.60. The van der Waals surface area contributed by atoms with Gasteiger partial charge in [0.25, 0.3) is 0 Å². The second kappa shape index (κ2) is 34.1. The highest BCUT2D eigenvalue weighted by Gasteiger charge is 2.02. The monoisotopic (exact) mass is 627 g/mol. The molecule has 1 amide bonds. The molecular weight excluding hydrogens is 566 g/mol. The lowest BCUT2D eigenvalue weighted by Gasteiger charge is -2.09. The van der Waals surface area contributed by atoms with Gasteiger partial charge in [-0.15, -0.1) is 0 Å². The first-order valence-electron chi connectivity index (χ1n) is 16.8. The summed E-state index contributed by atoms with van der Waals surface area (Å²) >= 11 is 0. The van der Waals surface area contributed by atoms with Crippen LogP contribution in [0, 0.1) is 0 Å². The third kappa shape index (κ3) is 30.2. The van der Waals surface area contributed by atoms with Gasteiger partial charge in [-0.05, 0) is 12.0 Å². The van der Waals surface area contributed by atoms with E-state index in [1.165, 1.54) is 57.8 Å². The van der Waals surface area contributed by atoms with Crippen molar-refractivity contribution >= 4 is 6.09 Å². The van der Waals surface area contributed by atoms with Gasteiger partial charge in [-0.2, -0.15) is 0 Å². The lowest BCUT2D eigenvalue weighted by Crippen LogP contribution is -2.28. The van der Waals surface area contributed by atoms with Crippen LogP contribution in [0.25, 0.3) is 0 Å². The fraction of sp³-hybridized carbons (Fsp3) is 0.794. The summed E-state index contributed by atoms with van der Waals surface area (Å²) in [5.41, 5.74) is 0.945. The van der Waals surface area contributed by atoms with Gasteiger partial charge < -0.3 is 43.2 Å². The Labute approximate surface area is 266 Å². The van der Waals surface area contributed by atoms with Crippen molar-refractivity contribution in [2.75, 3.05) is 99.0 Å². The van der Waals surface area contributed by atoms with E-state index in [2.05, 4.69) is 12.2 Å². The molecule has 0 atom stereocenters. The van der Waals surface area contributed by atoms with Crippen LogP contribution in [0.1, 0.15) is 76.7 Å². The maximum absolute atomic E-state index is 11.6. The van der Waals surface area contributed by atoms with Crippen LogP contribution < -0.4 is 5.32 Å². The van der Waals surface area contributed by atoms with Crippen LogP contribution in [0.15, 0.2) is 30.3 Å². The van der Waals surface area contributed by atoms with Crippen molar-refractivity contribution < 1.29 is 42.7 Å². The molecule has 0 saturated heterocycles. The van der Waals surface area contributed by atoms with Gasteiger partial charge in [0.1, 0.15) is 6.61 Å². The first-order chi connectivity index (χ1) is 21.8. The van der Waals surface area contributed by atoms with Crippen molar-refractivity contribution in [1.82, 2.24) is 5.32 Å². The number of hydrogen-bond donors (Lipinski definition) is 1. The Hall–Kier alpha value is -1.79. The molecule has 44 heavy (non-hydrogen) atoms. The van der Waals surface area contributed by atoms with Gasteiger partial charge in [0.2, 0.25) is 0 Å². The number of hydrogen-bond acceptors (Lipinski definition) is 9. The smallest absolute Gasteiger partial charge is 0.407 e. The first-order valence-corrected chi connectivity index (χ1v) is 16.8. The van der Waals surface area contributed by atoms with Gasteiger partial charge in [-0.3, -0.25) is 0 Å². The second-order valence-corrected chi connectivity index (χ2v) is 10.5. The zero-order chi connectivity index (χ0) is 31.4. The summed E-state index contributed by atoms with van der Waals surface area (Å²) in [5, 5.41) is 2.65. The van der Waals surface area contributed by atoms with E-state index in [9.17, 15) is 4.79 Å². The molecule has 0 heterocycles. The molecule has 0 unspecified atom stereocenters. The number of benzene rings is 1. The molecule has 0 aliphatic heterocycles. The molecule has 0 bridgehead atoms. The minimum Gasteiger partial charge on any atom is -0.445 e. The molecule has 10 heteroatoms. The fourth-order valence-corrected chi connectivity index (χ4v) is 4.11. The van der Waals surface area contributed by atoms with Crippen molar-refractivity contribution in [3.8, 4) is 0 Å². The Kier molecular flexibility index (Phi) is 31.2. The number of nitrogens with one attached hydrogen (secondary N) is 1. The molecule has 1 aromatic rings. The normalized spacial score (nSPS) is 11.2. The van der Waals surface area contributed by atoms with Gasteiger partial charge in [0, 0.05) is 13.2 Å². The summed E-state index contributed by atoms with van der Waals surface area (Å²) in [5.74, 6) is 0. The molecular formula is C34H61NO9. The summed E-state index contributed by atoms with van der Waals surface area (Å²) in [7, 11) is 0. The standard InChI is InChI=1S/C34H61NO9/c1-2-3-4-5-6-7-8-9-10-14-18-37-20-22-39-24-26-41-28-30-43-31-29-42-27-25-40-23-21-38-19-17-35-34(36)44-32-33-15-12-11-13-16-33/h11-13,15-16H,2-10,14,17-32H2,1H3,(H,35,36). The van der Waals surface area contributed by atoms with Gasteiger partial charge in [-0.1, -0.05) is 95.0 Å². The molecule has 1 aromatic carbocycles. The maximum Gasteiger partial charge on any atom is 0.407 e. The van der Waals surface area contributed by atoms with Gasteiger partial charge in [-0.25, -0.2) is 4.79 Å². The minimum atomic E-state index is -0.460. The van der Waals surface area contributed by atoms with Crippen LogP contribution in [0.5, 0.6) is 0 Å². The highest BCUT2D eigenvalue weighted by atomic mass is 16.6. The summed E-state index contributed by atoms with van der Waals surface area (Å²) in [6.45, 7) is 10.5. The van der Waals surface area contributed by atoms with Gasteiger partial charge in [0.15, 0.2) is 0 Å². The summed E-state index contributed by atoms with van der Waals surface area (Å²) < 4.78 is 43.7. The average molecular weight is 628 g/mol. The fourth-order valence-electron chi connectivity index (χ4n) is 4.11. The summed E-state index contributed by atoms with van der Waals surface area (Å²) in [6, 6.07) is 9.54. The van der Waals surface area contributed by atoms with E-state index in [4.69, 9.17) is 37.9 Å². The van der Waals surface area contributed by atoms with E-state index in [0.29, 0.717) is 92.4 Å². The van der Waals surface area contributed by atoms with E-state index < -0.39 is 6.09 Å². The molecule has 1 rings (SSSR count). The maximum atomic E-state index is 11.6. The largest absolute Gasteiger partial charge is 0.445 e. The lowest BCUT2D eigenvalue weighted by molar-refractivity contribution is -0.0204. The van der Waals surface area contributed by atoms with Crippen LogP contribution >= 0.6 is 0 Å². The molecule has 10 nitrogen and oxygen atoms in total. The number of alkyl carbamates (subject to hydrolysis) is 1. The van der Waals surface area contributed by atoms with Crippen LogP contribution in [0.4, 0.5) is 4.79 Å². The predicted molar refractivity (Wildman–Crippen MR) is 172 cm³/mol. The topological polar surface area (TPSA) is 103 Å².